The van der Waals surface area contributed by atoms with E-state index in [1.807, 2.05) is 6.07 Å². The standard InChI is InChI=1S/C18H17N3OS2/c1-11-7-8-13-14(10-19)17(24-15(13)9-11)21-18(23)20-16(22)12-5-3-2-4-6-12/h2-6,11H,7-9H2,1H3,(H2,20,21,22,23)/t11-/m0/s1. The van der Waals surface area contributed by atoms with Crippen LogP contribution in [0, 0.1) is 17.2 Å². The van der Waals surface area contributed by atoms with Crippen molar-refractivity contribution in [2.75, 3.05) is 5.32 Å². The minimum absolute atomic E-state index is 0.215. The van der Waals surface area contributed by atoms with Crippen molar-refractivity contribution in [3.63, 3.8) is 0 Å². The Balaban J connectivity index is 1.73. The summed E-state index contributed by atoms with van der Waals surface area (Å²) in [5.74, 6) is 0.377. The second-order valence-corrected chi connectivity index (χ2v) is 7.46. The van der Waals surface area contributed by atoms with Gasteiger partial charge in [-0.15, -0.1) is 11.3 Å². The molecule has 3 rings (SSSR count). The van der Waals surface area contributed by atoms with Gasteiger partial charge in [0.1, 0.15) is 11.1 Å². The number of rotatable bonds is 2. The lowest BCUT2D eigenvalue weighted by Gasteiger charge is -2.17. The molecule has 1 heterocycles. The average molecular weight is 355 g/mol. The maximum absolute atomic E-state index is 12.1. The fourth-order valence-electron chi connectivity index (χ4n) is 2.86. The number of hydrogen-bond donors (Lipinski definition) is 2. The van der Waals surface area contributed by atoms with Crippen LogP contribution in [0.5, 0.6) is 0 Å². The maximum Gasteiger partial charge on any atom is 0.257 e. The second kappa shape index (κ2) is 7.12. The Morgan fingerprint density at radius 2 is 2.12 bits per heavy atom. The highest BCUT2D eigenvalue weighted by molar-refractivity contribution is 7.80. The number of fused-ring (bicyclic) bond motifs is 1. The summed E-state index contributed by atoms with van der Waals surface area (Å²) < 4.78 is 0. The van der Waals surface area contributed by atoms with Crippen molar-refractivity contribution in [2.45, 2.75) is 26.2 Å². The van der Waals surface area contributed by atoms with Gasteiger partial charge in [0.15, 0.2) is 5.11 Å². The van der Waals surface area contributed by atoms with E-state index < -0.39 is 0 Å². The Bertz CT molecular complexity index is 821. The van der Waals surface area contributed by atoms with E-state index in [1.165, 1.54) is 4.88 Å². The fraction of sp³-hybridized carbons (Fsp3) is 0.278. The van der Waals surface area contributed by atoms with Gasteiger partial charge in [-0.1, -0.05) is 25.1 Å². The van der Waals surface area contributed by atoms with E-state index in [9.17, 15) is 10.1 Å². The molecule has 1 aliphatic rings. The molecule has 0 spiro atoms. The highest BCUT2D eigenvalue weighted by atomic mass is 32.1. The fourth-order valence-corrected chi connectivity index (χ4v) is 4.48. The molecule has 1 atom stereocenters. The molecule has 1 amide bonds. The highest BCUT2D eigenvalue weighted by Crippen LogP contribution is 2.39. The molecule has 0 aliphatic heterocycles. The normalized spacial score (nSPS) is 15.9. The number of nitrogens with zero attached hydrogens (tertiary/aromatic N) is 1. The van der Waals surface area contributed by atoms with Crippen LogP contribution in [0.25, 0.3) is 0 Å². The molecule has 122 valence electrons. The van der Waals surface area contributed by atoms with Crippen molar-refractivity contribution in [1.82, 2.24) is 5.32 Å². The molecule has 0 fully saturated rings. The third kappa shape index (κ3) is 3.48. The van der Waals surface area contributed by atoms with Crippen LogP contribution in [-0.2, 0) is 12.8 Å². The van der Waals surface area contributed by atoms with Crippen LogP contribution >= 0.6 is 23.6 Å². The molecule has 1 aromatic carbocycles. The van der Waals surface area contributed by atoms with Crippen molar-refractivity contribution in [3.05, 3.63) is 51.9 Å². The van der Waals surface area contributed by atoms with Crippen LogP contribution in [0.2, 0.25) is 0 Å². The topological polar surface area (TPSA) is 64.9 Å². The van der Waals surface area contributed by atoms with E-state index >= 15 is 0 Å². The predicted octanol–water partition coefficient (Wildman–Crippen LogP) is 3.87. The van der Waals surface area contributed by atoms with E-state index in [-0.39, 0.29) is 11.0 Å². The van der Waals surface area contributed by atoms with Gasteiger partial charge in [-0.05, 0) is 55.1 Å². The number of nitriles is 1. The first-order valence-electron chi connectivity index (χ1n) is 7.80. The molecule has 2 aromatic rings. The summed E-state index contributed by atoms with van der Waals surface area (Å²) in [5.41, 5.74) is 2.35. The van der Waals surface area contributed by atoms with Crippen LogP contribution in [0.4, 0.5) is 5.00 Å². The lowest BCUT2D eigenvalue weighted by molar-refractivity contribution is 0.0977. The number of carbonyl (C=O) groups is 1. The number of hydrogen-bond acceptors (Lipinski definition) is 4. The molecular formula is C18H17N3OS2. The molecule has 0 saturated heterocycles. The number of anilines is 1. The van der Waals surface area contributed by atoms with Crippen LogP contribution in [0.15, 0.2) is 30.3 Å². The monoisotopic (exact) mass is 355 g/mol. The Kier molecular flexibility index (Phi) is 4.93. The van der Waals surface area contributed by atoms with Crippen molar-refractivity contribution in [3.8, 4) is 6.07 Å². The van der Waals surface area contributed by atoms with Crippen LogP contribution in [0.1, 0.15) is 39.7 Å². The molecule has 4 nitrogen and oxygen atoms in total. The van der Waals surface area contributed by atoms with E-state index in [2.05, 4.69) is 23.6 Å². The van der Waals surface area contributed by atoms with E-state index in [0.29, 0.717) is 17.0 Å². The van der Waals surface area contributed by atoms with Crippen LogP contribution in [0.3, 0.4) is 0 Å². The number of amides is 1. The summed E-state index contributed by atoms with van der Waals surface area (Å²) in [4.78, 5) is 13.4. The summed E-state index contributed by atoms with van der Waals surface area (Å²) in [6.45, 7) is 2.23. The zero-order valence-corrected chi connectivity index (χ0v) is 14.9. The summed E-state index contributed by atoms with van der Waals surface area (Å²) in [5, 5.41) is 16.1. The number of thiophene rings is 1. The first-order valence-corrected chi connectivity index (χ1v) is 9.03. The molecule has 0 unspecified atom stereocenters. The van der Waals surface area contributed by atoms with Gasteiger partial charge in [-0.2, -0.15) is 5.26 Å². The first kappa shape index (κ1) is 16.6. The summed E-state index contributed by atoms with van der Waals surface area (Å²) in [7, 11) is 0. The lowest BCUT2D eigenvalue weighted by Crippen LogP contribution is -2.34. The molecular weight excluding hydrogens is 338 g/mol. The maximum atomic E-state index is 12.1. The number of benzene rings is 1. The zero-order chi connectivity index (χ0) is 17.1. The van der Waals surface area contributed by atoms with Gasteiger partial charge in [0, 0.05) is 10.4 Å². The molecule has 1 aromatic heterocycles. The lowest BCUT2D eigenvalue weighted by atomic mass is 9.89. The van der Waals surface area contributed by atoms with Gasteiger partial charge in [0.05, 0.1) is 5.56 Å². The predicted molar refractivity (Wildman–Crippen MR) is 100 cm³/mol. The molecule has 0 bridgehead atoms. The smallest absolute Gasteiger partial charge is 0.257 e. The van der Waals surface area contributed by atoms with Gasteiger partial charge in [0.25, 0.3) is 5.91 Å². The van der Waals surface area contributed by atoms with Gasteiger partial charge < -0.3 is 5.32 Å². The molecule has 0 saturated carbocycles. The van der Waals surface area contributed by atoms with Gasteiger partial charge in [-0.25, -0.2) is 0 Å². The summed E-state index contributed by atoms with van der Waals surface area (Å²) in [6, 6.07) is 11.2. The Morgan fingerprint density at radius 1 is 1.38 bits per heavy atom. The third-order valence-corrected chi connectivity index (χ3v) is 5.49. The summed E-state index contributed by atoms with van der Waals surface area (Å²) >= 11 is 6.81. The summed E-state index contributed by atoms with van der Waals surface area (Å²) in [6.07, 6.45) is 3.03. The van der Waals surface area contributed by atoms with Gasteiger partial charge in [0.2, 0.25) is 0 Å². The minimum Gasteiger partial charge on any atom is -0.323 e. The number of carbonyl (C=O) groups excluding carboxylic acids is 1. The van der Waals surface area contributed by atoms with Gasteiger partial charge >= 0.3 is 0 Å². The minimum atomic E-state index is -0.262. The average Bonchev–Trinajstić information content (AvgIpc) is 2.91. The Hall–Kier alpha value is -2.23. The van der Waals surface area contributed by atoms with Gasteiger partial charge in [-0.3, -0.25) is 10.1 Å². The molecule has 0 radical (unpaired) electrons. The largest absolute Gasteiger partial charge is 0.323 e. The second-order valence-electron chi connectivity index (χ2n) is 5.94. The molecule has 6 heteroatoms. The van der Waals surface area contributed by atoms with Crippen LogP contribution in [-0.4, -0.2) is 11.0 Å². The highest BCUT2D eigenvalue weighted by Gasteiger charge is 2.24. The van der Waals surface area contributed by atoms with E-state index in [4.69, 9.17) is 12.2 Å². The van der Waals surface area contributed by atoms with Crippen molar-refractivity contribution in [1.29, 1.82) is 5.26 Å². The Morgan fingerprint density at radius 3 is 2.83 bits per heavy atom. The molecule has 1 aliphatic carbocycles. The Labute approximate surface area is 150 Å². The van der Waals surface area contributed by atoms with Crippen molar-refractivity contribution < 1.29 is 4.79 Å². The quantitative estimate of drug-likeness (QED) is 0.803. The van der Waals surface area contributed by atoms with Crippen molar-refractivity contribution in [2.24, 2.45) is 5.92 Å². The first-order chi connectivity index (χ1) is 11.6. The van der Waals surface area contributed by atoms with E-state index in [0.717, 1.165) is 29.8 Å². The van der Waals surface area contributed by atoms with E-state index in [1.54, 1.807) is 35.6 Å². The third-order valence-electron chi connectivity index (χ3n) is 4.11. The molecule has 24 heavy (non-hydrogen) atoms. The number of nitrogens with one attached hydrogen (secondary N) is 2. The zero-order valence-electron chi connectivity index (χ0n) is 13.3. The van der Waals surface area contributed by atoms with Crippen LogP contribution < -0.4 is 10.6 Å². The SMILES string of the molecule is C[C@H]1CCc2c(sc(NC(=S)NC(=O)c3ccccc3)c2C#N)C1. The van der Waals surface area contributed by atoms with Crippen molar-refractivity contribution >= 4 is 39.6 Å². The molecule has 2 N–H and O–H groups in total. The number of thiocarbonyl (C=S) groups is 1.